The maximum atomic E-state index is 11.1. The second kappa shape index (κ2) is 6.28. The van der Waals surface area contributed by atoms with Gasteiger partial charge in [0.15, 0.2) is 0 Å². The molecule has 0 N–H and O–H groups in total. The monoisotopic (exact) mass is 189 g/mol. The van der Waals surface area contributed by atoms with Crippen molar-refractivity contribution in [3.8, 4) is 0 Å². The van der Waals surface area contributed by atoms with E-state index >= 15 is 0 Å². The van der Waals surface area contributed by atoms with Crippen LogP contribution in [-0.4, -0.2) is 36.8 Å². The fraction of sp³-hybridized carbons (Fsp3) is 0.750. The molecule has 5 heteroatoms. The van der Waals surface area contributed by atoms with E-state index in [1.165, 1.54) is 0 Å². The van der Waals surface area contributed by atoms with Gasteiger partial charge in [0, 0.05) is 6.54 Å². The van der Waals surface area contributed by atoms with E-state index in [9.17, 15) is 9.59 Å². The van der Waals surface area contributed by atoms with Crippen molar-refractivity contribution in [2.45, 2.75) is 20.8 Å². The maximum absolute atomic E-state index is 11.1. The summed E-state index contributed by atoms with van der Waals surface area (Å²) in [6.45, 7) is 5.77. The van der Waals surface area contributed by atoms with Crippen molar-refractivity contribution in [1.82, 2.24) is 4.90 Å². The summed E-state index contributed by atoms with van der Waals surface area (Å²) in [4.78, 5) is 23.1. The van der Waals surface area contributed by atoms with Gasteiger partial charge in [0.05, 0.1) is 13.2 Å². The first-order valence-electron chi connectivity index (χ1n) is 4.28. The first kappa shape index (κ1) is 11.7. The fourth-order valence-electron chi connectivity index (χ4n) is 0.736. The quantitative estimate of drug-likeness (QED) is 0.677. The molecule has 0 atom stereocenters. The van der Waals surface area contributed by atoms with Gasteiger partial charge in [0.25, 0.3) is 0 Å². The topological polar surface area (TPSA) is 55.8 Å². The molecule has 0 aliphatic heterocycles. The predicted octanol–water partition coefficient (Wildman–Crippen LogP) is 1.62. The van der Waals surface area contributed by atoms with E-state index in [2.05, 4.69) is 9.47 Å². The van der Waals surface area contributed by atoms with Crippen molar-refractivity contribution in [1.29, 1.82) is 0 Å². The summed E-state index contributed by atoms with van der Waals surface area (Å²) in [7, 11) is 0. The number of rotatable bonds is 3. The molecule has 0 saturated heterocycles. The molecule has 0 bridgehead atoms. The molecule has 13 heavy (non-hydrogen) atoms. The van der Waals surface area contributed by atoms with Gasteiger partial charge in [0.1, 0.15) is 0 Å². The van der Waals surface area contributed by atoms with Crippen LogP contribution in [-0.2, 0) is 9.47 Å². The van der Waals surface area contributed by atoms with Gasteiger partial charge in [0.2, 0.25) is 0 Å². The number of ether oxygens (including phenoxy) is 2. The van der Waals surface area contributed by atoms with E-state index in [0.717, 1.165) is 4.90 Å². The van der Waals surface area contributed by atoms with Gasteiger partial charge in [-0.05, 0) is 20.8 Å². The molecular formula is C8H15NO4. The summed E-state index contributed by atoms with van der Waals surface area (Å²) in [5, 5.41) is 0. The van der Waals surface area contributed by atoms with Crippen LogP contribution in [0, 0.1) is 0 Å². The van der Waals surface area contributed by atoms with Gasteiger partial charge in [-0.2, -0.15) is 0 Å². The van der Waals surface area contributed by atoms with Crippen molar-refractivity contribution >= 4 is 12.2 Å². The Hall–Kier alpha value is -1.26. The summed E-state index contributed by atoms with van der Waals surface area (Å²) >= 11 is 0. The van der Waals surface area contributed by atoms with Crippen LogP contribution >= 0.6 is 0 Å². The number of carbonyl (C=O) groups excluding carboxylic acids is 2. The zero-order valence-electron chi connectivity index (χ0n) is 8.20. The van der Waals surface area contributed by atoms with Crippen molar-refractivity contribution in [2.75, 3.05) is 19.8 Å². The Kier molecular flexibility index (Phi) is 5.67. The summed E-state index contributed by atoms with van der Waals surface area (Å²) in [5.74, 6) is 0. The van der Waals surface area contributed by atoms with Crippen LogP contribution in [0.25, 0.3) is 0 Å². The van der Waals surface area contributed by atoms with Crippen LogP contribution in [0.5, 0.6) is 0 Å². The molecule has 5 nitrogen and oxygen atoms in total. The van der Waals surface area contributed by atoms with Gasteiger partial charge >= 0.3 is 12.2 Å². The van der Waals surface area contributed by atoms with Crippen molar-refractivity contribution in [3.63, 3.8) is 0 Å². The molecule has 0 aromatic carbocycles. The normalized spacial score (nSPS) is 9.15. The second-order valence-electron chi connectivity index (χ2n) is 2.14. The van der Waals surface area contributed by atoms with Crippen LogP contribution in [0.15, 0.2) is 0 Å². The van der Waals surface area contributed by atoms with Crippen LogP contribution < -0.4 is 0 Å². The number of carbonyl (C=O) groups is 2. The highest BCUT2D eigenvalue weighted by Crippen LogP contribution is 1.97. The van der Waals surface area contributed by atoms with Crippen molar-refractivity contribution < 1.29 is 19.1 Å². The lowest BCUT2D eigenvalue weighted by atomic mass is 10.6. The molecule has 0 saturated carbocycles. The molecule has 0 unspecified atom stereocenters. The molecule has 0 aliphatic rings. The highest BCUT2D eigenvalue weighted by molar-refractivity contribution is 5.87. The van der Waals surface area contributed by atoms with Gasteiger partial charge in [-0.25, -0.2) is 14.5 Å². The van der Waals surface area contributed by atoms with Crippen LogP contribution in [0.2, 0.25) is 0 Å². The largest absolute Gasteiger partial charge is 0.449 e. The summed E-state index contributed by atoms with van der Waals surface area (Å²) in [6.07, 6.45) is -1.33. The molecule has 0 aromatic heterocycles. The average molecular weight is 189 g/mol. The maximum Gasteiger partial charge on any atom is 0.419 e. The van der Waals surface area contributed by atoms with E-state index in [-0.39, 0.29) is 19.8 Å². The van der Waals surface area contributed by atoms with Gasteiger partial charge in [-0.3, -0.25) is 0 Å². The molecule has 0 aliphatic carbocycles. The molecule has 0 radical (unpaired) electrons. The highest BCUT2D eigenvalue weighted by atomic mass is 16.6. The smallest absolute Gasteiger partial charge is 0.419 e. The average Bonchev–Trinajstić information content (AvgIpc) is 2.06. The number of amides is 2. The van der Waals surface area contributed by atoms with Gasteiger partial charge < -0.3 is 9.47 Å². The lowest BCUT2D eigenvalue weighted by molar-refractivity contribution is 0.0832. The SMILES string of the molecule is CCOC(=O)N(CC)C(=O)OCC. The molecular weight excluding hydrogens is 174 g/mol. The van der Waals surface area contributed by atoms with E-state index in [0.29, 0.717) is 0 Å². The standard InChI is InChI=1S/C8H15NO4/c1-4-9(7(10)12-5-2)8(11)13-6-3/h4-6H2,1-3H3. The van der Waals surface area contributed by atoms with E-state index in [1.807, 2.05) is 0 Å². The molecule has 2 amide bonds. The molecule has 0 rings (SSSR count). The minimum absolute atomic E-state index is 0.245. The number of nitrogens with zero attached hydrogens (tertiary/aromatic N) is 1. The summed E-state index contributed by atoms with van der Waals surface area (Å²) in [6, 6.07) is 0. The van der Waals surface area contributed by atoms with Crippen LogP contribution in [0.4, 0.5) is 9.59 Å². The van der Waals surface area contributed by atoms with Crippen molar-refractivity contribution in [3.05, 3.63) is 0 Å². The van der Waals surface area contributed by atoms with E-state index < -0.39 is 12.2 Å². The molecule has 0 heterocycles. The Morgan fingerprint density at radius 3 is 1.62 bits per heavy atom. The molecule has 0 fully saturated rings. The van der Waals surface area contributed by atoms with Crippen LogP contribution in [0.3, 0.4) is 0 Å². The Morgan fingerprint density at radius 2 is 1.38 bits per heavy atom. The number of hydrogen-bond donors (Lipinski definition) is 0. The van der Waals surface area contributed by atoms with Crippen LogP contribution in [0.1, 0.15) is 20.8 Å². The second-order valence-corrected chi connectivity index (χ2v) is 2.14. The first-order valence-corrected chi connectivity index (χ1v) is 4.28. The number of imide groups is 1. The Labute approximate surface area is 77.6 Å². The minimum Gasteiger partial charge on any atom is -0.449 e. The van der Waals surface area contributed by atoms with Gasteiger partial charge in [-0.15, -0.1) is 0 Å². The Morgan fingerprint density at radius 1 is 1.00 bits per heavy atom. The molecule has 0 spiro atoms. The first-order chi connectivity index (χ1) is 6.17. The van der Waals surface area contributed by atoms with E-state index in [4.69, 9.17) is 0 Å². The zero-order valence-corrected chi connectivity index (χ0v) is 8.20. The zero-order chi connectivity index (χ0) is 10.3. The highest BCUT2D eigenvalue weighted by Gasteiger charge is 2.21. The molecule has 76 valence electrons. The third kappa shape index (κ3) is 3.78. The number of hydrogen-bond acceptors (Lipinski definition) is 4. The Balaban J connectivity index is 4.15. The van der Waals surface area contributed by atoms with E-state index in [1.54, 1.807) is 20.8 Å². The predicted molar refractivity (Wildman–Crippen MR) is 46.4 cm³/mol. The summed E-state index contributed by atoms with van der Waals surface area (Å²) in [5.41, 5.74) is 0. The Bertz CT molecular complexity index is 163. The minimum atomic E-state index is -0.663. The lowest BCUT2D eigenvalue weighted by Crippen LogP contribution is -2.37. The fourth-order valence-corrected chi connectivity index (χ4v) is 0.736. The summed E-state index contributed by atoms with van der Waals surface area (Å²) < 4.78 is 9.30. The lowest BCUT2D eigenvalue weighted by Gasteiger charge is -2.16. The van der Waals surface area contributed by atoms with Crippen molar-refractivity contribution in [2.24, 2.45) is 0 Å². The van der Waals surface area contributed by atoms with Gasteiger partial charge in [-0.1, -0.05) is 0 Å². The third-order valence-corrected chi connectivity index (χ3v) is 1.29. The third-order valence-electron chi connectivity index (χ3n) is 1.29. The molecule has 0 aromatic rings.